The summed E-state index contributed by atoms with van der Waals surface area (Å²) in [6, 6.07) is 0. The van der Waals surface area contributed by atoms with Crippen LogP contribution < -0.4 is 5.73 Å². The van der Waals surface area contributed by atoms with E-state index in [1.807, 2.05) is 0 Å². The SMILES string of the molecule is NC(=O)[C@@H]1CC(=O)N(O)C1=O. The second-order valence-corrected chi connectivity index (χ2v) is 2.20. The molecule has 1 rings (SSSR count). The van der Waals surface area contributed by atoms with Crippen LogP contribution >= 0.6 is 0 Å². The minimum atomic E-state index is -1.19. The van der Waals surface area contributed by atoms with Gasteiger partial charge in [0.2, 0.25) is 5.91 Å². The summed E-state index contributed by atoms with van der Waals surface area (Å²) in [7, 11) is 0. The summed E-state index contributed by atoms with van der Waals surface area (Å²) in [5.41, 5.74) is 4.76. The minimum absolute atomic E-state index is 0.0740. The first-order valence-corrected chi connectivity index (χ1v) is 2.89. The van der Waals surface area contributed by atoms with Crippen molar-refractivity contribution in [3.8, 4) is 0 Å². The van der Waals surface area contributed by atoms with Crippen molar-refractivity contribution < 1.29 is 19.6 Å². The Bertz CT molecular complexity index is 237. The molecule has 1 heterocycles. The number of carbonyl (C=O) groups excluding carboxylic acids is 3. The number of rotatable bonds is 1. The molecular formula is C5H6N2O4. The second kappa shape index (κ2) is 2.31. The van der Waals surface area contributed by atoms with Gasteiger partial charge in [-0.15, -0.1) is 0 Å². The monoisotopic (exact) mass is 158 g/mol. The molecule has 1 atom stereocenters. The van der Waals surface area contributed by atoms with Crippen LogP contribution in [0.5, 0.6) is 0 Å². The second-order valence-electron chi connectivity index (χ2n) is 2.20. The molecule has 0 spiro atoms. The van der Waals surface area contributed by atoms with Crippen molar-refractivity contribution in [1.29, 1.82) is 0 Å². The van der Waals surface area contributed by atoms with E-state index in [0.29, 0.717) is 0 Å². The fourth-order valence-corrected chi connectivity index (χ4v) is 0.841. The number of primary amides is 1. The van der Waals surface area contributed by atoms with Gasteiger partial charge in [0.1, 0.15) is 5.92 Å². The van der Waals surface area contributed by atoms with Gasteiger partial charge in [-0.1, -0.05) is 0 Å². The molecule has 1 aliphatic heterocycles. The Kier molecular flexibility index (Phi) is 1.61. The highest BCUT2D eigenvalue weighted by molar-refractivity contribution is 6.12. The predicted octanol–water partition coefficient (Wildman–Crippen LogP) is -1.76. The highest BCUT2D eigenvalue weighted by Crippen LogP contribution is 2.16. The summed E-state index contributed by atoms with van der Waals surface area (Å²) in [5, 5.41) is 8.54. The molecule has 1 aliphatic rings. The van der Waals surface area contributed by atoms with Crippen LogP contribution in [0.25, 0.3) is 0 Å². The summed E-state index contributed by atoms with van der Waals surface area (Å²) in [5.74, 6) is -3.81. The summed E-state index contributed by atoms with van der Waals surface area (Å²) in [6.45, 7) is 0. The molecule has 0 aromatic rings. The number of nitrogens with two attached hydrogens (primary N) is 1. The van der Waals surface area contributed by atoms with Gasteiger partial charge in [0.05, 0.1) is 6.42 Å². The highest BCUT2D eigenvalue weighted by atomic mass is 16.5. The van der Waals surface area contributed by atoms with Crippen LogP contribution in [0, 0.1) is 5.92 Å². The number of carbonyl (C=O) groups is 3. The van der Waals surface area contributed by atoms with Crippen molar-refractivity contribution in [2.24, 2.45) is 11.7 Å². The summed E-state index contributed by atoms with van der Waals surface area (Å²) >= 11 is 0. The van der Waals surface area contributed by atoms with E-state index in [-0.39, 0.29) is 11.5 Å². The molecule has 3 N–H and O–H groups in total. The van der Waals surface area contributed by atoms with Crippen LogP contribution in [0.2, 0.25) is 0 Å². The molecule has 1 fully saturated rings. The van der Waals surface area contributed by atoms with E-state index in [1.165, 1.54) is 0 Å². The van der Waals surface area contributed by atoms with Gasteiger partial charge < -0.3 is 5.73 Å². The zero-order chi connectivity index (χ0) is 8.59. The summed E-state index contributed by atoms with van der Waals surface area (Å²) in [4.78, 5) is 31.7. The van der Waals surface area contributed by atoms with Crippen molar-refractivity contribution in [3.63, 3.8) is 0 Å². The normalized spacial score (nSPS) is 24.5. The van der Waals surface area contributed by atoms with E-state index in [0.717, 1.165) is 0 Å². The largest absolute Gasteiger partial charge is 0.369 e. The molecule has 6 heteroatoms. The lowest BCUT2D eigenvalue weighted by atomic mass is 10.1. The Morgan fingerprint density at radius 1 is 1.64 bits per heavy atom. The van der Waals surface area contributed by atoms with E-state index in [2.05, 4.69) is 0 Å². The smallest absolute Gasteiger partial charge is 0.266 e. The van der Waals surface area contributed by atoms with Gasteiger partial charge in [-0.25, -0.2) is 0 Å². The van der Waals surface area contributed by atoms with Crippen LogP contribution in [-0.4, -0.2) is 28.0 Å². The van der Waals surface area contributed by atoms with E-state index >= 15 is 0 Å². The molecule has 0 radical (unpaired) electrons. The van der Waals surface area contributed by atoms with Gasteiger partial charge in [0.25, 0.3) is 11.8 Å². The van der Waals surface area contributed by atoms with Gasteiger partial charge in [-0.05, 0) is 0 Å². The third kappa shape index (κ3) is 1.07. The Balaban J connectivity index is 2.83. The van der Waals surface area contributed by atoms with Gasteiger partial charge in [-0.2, -0.15) is 5.06 Å². The van der Waals surface area contributed by atoms with Crippen LogP contribution in [0.4, 0.5) is 0 Å². The number of hydrogen-bond acceptors (Lipinski definition) is 4. The van der Waals surface area contributed by atoms with Crippen molar-refractivity contribution in [1.82, 2.24) is 5.06 Å². The molecule has 3 amide bonds. The van der Waals surface area contributed by atoms with Gasteiger partial charge >= 0.3 is 0 Å². The molecule has 0 aliphatic carbocycles. The van der Waals surface area contributed by atoms with E-state index < -0.39 is 23.6 Å². The van der Waals surface area contributed by atoms with Crippen LogP contribution in [0.3, 0.4) is 0 Å². The Morgan fingerprint density at radius 2 is 2.18 bits per heavy atom. The predicted molar refractivity (Wildman–Crippen MR) is 30.9 cm³/mol. The average molecular weight is 158 g/mol. The highest BCUT2D eigenvalue weighted by Gasteiger charge is 2.41. The Hall–Kier alpha value is -1.43. The van der Waals surface area contributed by atoms with E-state index in [1.54, 1.807) is 0 Å². The third-order valence-electron chi connectivity index (χ3n) is 1.47. The summed E-state index contributed by atoms with van der Waals surface area (Å²) in [6.07, 6.45) is -0.329. The first-order chi connectivity index (χ1) is 5.04. The average Bonchev–Trinajstić information content (AvgIpc) is 2.17. The van der Waals surface area contributed by atoms with Crippen LogP contribution in [0.1, 0.15) is 6.42 Å². The standard InChI is InChI=1S/C5H6N2O4/c6-4(9)2-1-3(8)7(11)5(2)10/h2,11H,1H2,(H2,6,9)/t2-/m0/s1. The molecule has 60 valence electrons. The molecule has 1 saturated heterocycles. The number of imide groups is 1. The zero-order valence-corrected chi connectivity index (χ0v) is 5.48. The lowest BCUT2D eigenvalue weighted by molar-refractivity contribution is -0.172. The number of hydrogen-bond donors (Lipinski definition) is 2. The molecular weight excluding hydrogens is 152 g/mol. The van der Waals surface area contributed by atoms with Crippen LogP contribution in [0.15, 0.2) is 0 Å². The number of amides is 3. The quantitative estimate of drug-likeness (QED) is 0.268. The molecule has 11 heavy (non-hydrogen) atoms. The maximum Gasteiger partial charge on any atom is 0.266 e. The molecule has 0 aromatic heterocycles. The molecule has 0 unspecified atom stereocenters. The number of nitrogens with zero attached hydrogens (tertiary/aromatic N) is 1. The first-order valence-electron chi connectivity index (χ1n) is 2.89. The van der Waals surface area contributed by atoms with Gasteiger partial charge in [0, 0.05) is 0 Å². The van der Waals surface area contributed by atoms with Gasteiger partial charge in [-0.3, -0.25) is 19.6 Å². The molecule has 0 aromatic carbocycles. The van der Waals surface area contributed by atoms with Crippen molar-refractivity contribution >= 4 is 17.7 Å². The maximum absolute atomic E-state index is 10.7. The molecule has 6 nitrogen and oxygen atoms in total. The molecule has 0 bridgehead atoms. The maximum atomic E-state index is 10.7. The van der Waals surface area contributed by atoms with E-state index in [9.17, 15) is 14.4 Å². The van der Waals surface area contributed by atoms with E-state index in [4.69, 9.17) is 10.9 Å². The zero-order valence-electron chi connectivity index (χ0n) is 5.48. The third-order valence-corrected chi connectivity index (χ3v) is 1.47. The lowest BCUT2D eigenvalue weighted by Gasteiger charge is -2.02. The van der Waals surface area contributed by atoms with Crippen molar-refractivity contribution in [3.05, 3.63) is 0 Å². The van der Waals surface area contributed by atoms with Crippen molar-refractivity contribution in [2.45, 2.75) is 6.42 Å². The fourth-order valence-electron chi connectivity index (χ4n) is 0.841. The van der Waals surface area contributed by atoms with Gasteiger partial charge in [0.15, 0.2) is 0 Å². The topological polar surface area (TPSA) is 101 Å². The first kappa shape index (κ1) is 7.67. The number of hydroxylamine groups is 2. The minimum Gasteiger partial charge on any atom is -0.369 e. The summed E-state index contributed by atoms with van der Waals surface area (Å²) < 4.78 is 0. The molecule has 0 saturated carbocycles. The Morgan fingerprint density at radius 3 is 2.36 bits per heavy atom. The Labute approximate surface area is 61.5 Å². The lowest BCUT2D eigenvalue weighted by Crippen LogP contribution is -2.32. The fraction of sp³-hybridized carbons (Fsp3) is 0.400. The van der Waals surface area contributed by atoms with Crippen molar-refractivity contribution in [2.75, 3.05) is 0 Å². The van der Waals surface area contributed by atoms with Crippen LogP contribution in [-0.2, 0) is 14.4 Å².